The molecule has 2 aromatic rings. The zero-order valence-electron chi connectivity index (χ0n) is 10.9. The zero-order chi connectivity index (χ0) is 13.4. The van der Waals surface area contributed by atoms with Crippen molar-refractivity contribution in [2.45, 2.75) is 19.9 Å². The van der Waals surface area contributed by atoms with Crippen molar-refractivity contribution in [3.05, 3.63) is 22.5 Å². The maximum atomic E-state index is 5.75. The number of thiazole rings is 1. The fraction of sp³-hybridized carbons (Fsp3) is 0.417. The Balaban J connectivity index is 1.86. The summed E-state index contributed by atoms with van der Waals surface area (Å²) in [6.45, 7) is 3.58. The molecule has 0 atom stereocenters. The molecule has 2 N–H and O–H groups in total. The van der Waals surface area contributed by atoms with Crippen LogP contribution in [0.25, 0.3) is 0 Å². The molecule has 0 aliphatic carbocycles. The molecule has 0 saturated heterocycles. The summed E-state index contributed by atoms with van der Waals surface area (Å²) < 4.78 is 5.13. The number of fused-ring (bicyclic) bond motifs is 1. The number of hydrogen-bond acceptors (Lipinski definition) is 7. The van der Waals surface area contributed by atoms with Gasteiger partial charge in [-0.2, -0.15) is 0 Å². The van der Waals surface area contributed by atoms with E-state index in [1.807, 2.05) is 6.92 Å². The Morgan fingerprint density at radius 3 is 3.00 bits per heavy atom. The highest BCUT2D eigenvalue weighted by Gasteiger charge is 2.21. The summed E-state index contributed by atoms with van der Waals surface area (Å²) >= 11 is 1.55. The van der Waals surface area contributed by atoms with Crippen LogP contribution >= 0.6 is 11.3 Å². The van der Waals surface area contributed by atoms with Gasteiger partial charge in [0.25, 0.3) is 0 Å². The van der Waals surface area contributed by atoms with Gasteiger partial charge in [0.2, 0.25) is 5.88 Å². The lowest BCUT2D eigenvalue weighted by Gasteiger charge is -2.27. The molecule has 0 saturated carbocycles. The monoisotopic (exact) mass is 277 g/mol. The van der Waals surface area contributed by atoms with Gasteiger partial charge in [-0.05, 0) is 6.92 Å². The standard InChI is InChI=1S/C12H15N5OS/c1-7-11(18-2)14-5-10(15-7)17-4-3-8-9(6-17)19-12(13)16-8/h5H,3-4,6H2,1-2H3,(H2,13,16). The highest BCUT2D eigenvalue weighted by atomic mass is 32.1. The lowest BCUT2D eigenvalue weighted by atomic mass is 10.2. The lowest BCUT2D eigenvalue weighted by molar-refractivity contribution is 0.391. The number of nitrogens with two attached hydrogens (primary N) is 1. The summed E-state index contributed by atoms with van der Waals surface area (Å²) in [4.78, 5) is 16.6. The third kappa shape index (κ3) is 2.21. The van der Waals surface area contributed by atoms with Gasteiger partial charge in [-0.25, -0.2) is 15.0 Å². The first kappa shape index (κ1) is 12.2. The number of nitrogens with zero attached hydrogens (tertiary/aromatic N) is 4. The minimum atomic E-state index is 0.573. The van der Waals surface area contributed by atoms with Crippen LogP contribution in [0.5, 0.6) is 5.88 Å². The molecule has 0 fully saturated rings. The van der Waals surface area contributed by atoms with Gasteiger partial charge < -0.3 is 15.4 Å². The number of rotatable bonds is 2. The number of hydrogen-bond donors (Lipinski definition) is 1. The third-order valence-corrected chi connectivity index (χ3v) is 4.07. The van der Waals surface area contributed by atoms with Gasteiger partial charge in [0.1, 0.15) is 11.5 Å². The van der Waals surface area contributed by atoms with Crippen LogP contribution in [0.2, 0.25) is 0 Å². The van der Waals surface area contributed by atoms with E-state index in [9.17, 15) is 0 Å². The van der Waals surface area contributed by atoms with Crippen molar-refractivity contribution in [3.63, 3.8) is 0 Å². The summed E-state index contributed by atoms with van der Waals surface area (Å²) in [5.74, 6) is 1.44. The van der Waals surface area contributed by atoms with Gasteiger partial charge in [0, 0.05) is 17.8 Å². The van der Waals surface area contributed by atoms with Crippen LogP contribution in [0.3, 0.4) is 0 Å². The second-order valence-corrected chi connectivity index (χ2v) is 5.53. The molecule has 0 spiro atoms. The number of aryl methyl sites for hydroxylation is 1. The first-order valence-electron chi connectivity index (χ1n) is 6.04. The van der Waals surface area contributed by atoms with Crippen LogP contribution < -0.4 is 15.4 Å². The molecule has 6 nitrogen and oxygen atoms in total. The maximum Gasteiger partial charge on any atom is 0.235 e. The molecular weight excluding hydrogens is 262 g/mol. The highest BCUT2D eigenvalue weighted by Crippen LogP contribution is 2.29. The molecular formula is C12H15N5OS. The van der Waals surface area contributed by atoms with Crippen LogP contribution in [0.15, 0.2) is 6.20 Å². The molecule has 3 rings (SSSR count). The van der Waals surface area contributed by atoms with E-state index >= 15 is 0 Å². The second-order valence-electron chi connectivity index (χ2n) is 4.42. The van der Waals surface area contributed by atoms with Crippen molar-refractivity contribution in [1.82, 2.24) is 15.0 Å². The smallest absolute Gasteiger partial charge is 0.235 e. The first-order valence-corrected chi connectivity index (χ1v) is 6.85. The largest absolute Gasteiger partial charge is 0.480 e. The molecule has 0 radical (unpaired) electrons. The summed E-state index contributed by atoms with van der Waals surface area (Å²) in [5.41, 5.74) is 7.67. The number of aromatic nitrogens is 3. The summed E-state index contributed by atoms with van der Waals surface area (Å²) in [6, 6.07) is 0. The van der Waals surface area contributed by atoms with Crippen LogP contribution in [-0.4, -0.2) is 28.6 Å². The van der Waals surface area contributed by atoms with E-state index in [0.29, 0.717) is 11.0 Å². The molecule has 1 aliphatic heterocycles. The normalized spacial score (nSPS) is 14.3. The predicted octanol–water partition coefficient (Wildman–Crippen LogP) is 1.40. The Morgan fingerprint density at radius 1 is 1.42 bits per heavy atom. The second kappa shape index (κ2) is 4.65. The SMILES string of the molecule is COc1ncc(N2CCc3nc(N)sc3C2)nc1C. The zero-order valence-corrected chi connectivity index (χ0v) is 11.7. The number of ether oxygens (including phenoxy) is 1. The molecule has 100 valence electrons. The van der Waals surface area contributed by atoms with E-state index in [0.717, 1.165) is 36.7 Å². The van der Waals surface area contributed by atoms with E-state index < -0.39 is 0 Å². The summed E-state index contributed by atoms with van der Waals surface area (Å²) in [6.07, 6.45) is 2.65. The van der Waals surface area contributed by atoms with Crippen LogP contribution in [0, 0.1) is 6.92 Å². The molecule has 0 unspecified atom stereocenters. The minimum Gasteiger partial charge on any atom is -0.480 e. The van der Waals surface area contributed by atoms with Crippen molar-refractivity contribution < 1.29 is 4.74 Å². The topological polar surface area (TPSA) is 77.2 Å². The number of anilines is 2. The molecule has 1 aliphatic rings. The highest BCUT2D eigenvalue weighted by molar-refractivity contribution is 7.15. The average Bonchev–Trinajstić information content (AvgIpc) is 2.77. The van der Waals surface area contributed by atoms with Gasteiger partial charge in [-0.1, -0.05) is 0 Å². The molecule has 0 bridgehead atoms. The number of methoxy groups -OCH3 is 1. The van der Waals surface area contributed by atoms with Crippen molar-refractivity contribution >= 4 is 22.3 Å². The van der Waals surface area contributed by atoms with Crippen LogP contribution in [-0.2, 0) is 13.0 Å². The molecule has 0 aromatic carbocycles. The Labute approximate surface area is 115 Å². The van der Waals surface area contributed by atoms with Crippen molar-refractivity contribution in [3.8, 4) is 5.88 Å². The van der Waals surface area contributed by atoms with Gasteiger partial charge in [0.15, 0.2) is 5.13 Å². The molecule has 3 heterocycles. The average molecular weight is 277 g/mol. The van der Waals surface area contributed by atoms with Gasteiger partial charge >= 0.3 is 0 Å². The van der Waals surface area contributed by atoms with Crippen molar-refractivity contribution in [1.29, 1.82) is 0 Å². The quantitative estimate of drug-likeness (QED) is 0.894. The summed E-state index contributed by atoms with van der Waals surface area (Å²) in [5, 5.41) is 0.642. The van der Waals surface area contributed by atoms with E-state index in [2.05, 4.69) is 19.9 Å². The Morgan fingerprint density at radius 2 is 2.26 bits per heavy atom. The lowest BCUT2D eigenvalue weighted by Crippen LogP contribution is -2.30. The Hall–Kier alpha value is -1.89. The molecule has 7 heteroatoms. The van der Waals surface area contributed by atoms with E-state index in [1.54, 1.807) is 24.6 Å². The van der Waals surface area contributed by atoms with E-state index in [-0.39, 0.29) is 0 Å². The van der Waals surface area contributed by atoms with Crippen molar-refractivity contribution in [2.24, 2.45) is 0 Å². The fourth-order valence-corrected chi connectivity index (χ4v) is 3.12. The third-order valence-electron chi connectivity index (χ3n) is 3.15. The number of nitrogen functional groups attached to an aromatic ring is 1. The summed E-state index contributed by atoms with van der Waals surface area (Å²) in [7, 11) is 1.60. The molecule has 0 amide bonds. The van der Waals surface area contributed by atoms with Crippen molar-refractivity contribution in [2.75, 3.05) is 24.3 Å². The molecule has 19 heavy (non-hydrogen) atoms. The maximum absolute atomic E-state index is 5.75. The van der Waals surface area contributed by atoms with E-state index in [4.69, 9.17) is 10.5 Å². The predicted molar refractivity (Wildman–Crippen MR) is 74.6 cm³/mol. The first-order chi connectivity index (χ1) is 9.17. The van der Waals surface area contributed by atoms with Gasteiger partial charge in [0.05, 0.1) is 25.5 Å². The Bertz CT molecular complexity index is 612. The van der Waals surface area contributed by atoms with Crippen LogP contribution in [0.1, 0.15) is 16.3 Å². The van der Waals surface area contributed by atoms with E-state index in [1.165, 1.54) is 4.88 Å². The van der Waals surface area contributed by atoms with Gasteiger partial charge in [-0.15, -0.1) is 11.3 Å². The Kier molecular flexibility index (Phi) is 2.98. The van der Waals surface area contributed by atoms with Gasteiger partial charge in [-0.3, -0.25) is 0 Å². The van der Waals surface area contributed by atoms with Crippen LogP contribution in [0.4, 0.5) is 10.9 Å². The fourth-order valence-electron chi connectivity index (χ4n) is 2.22. The minimum absolute atomic E-state index is 0.573. The molecule has 2 aromatic heterocycles.